The van der Waals surface area contributed by atoms with Gasteiger partial charge in [0, 0.05) is 61.3 Å². The zero-order chi connectivity index (χ0) is 17.8. The van der Waals surface area contributed by atoms with Crippen LogP contribution in [-0.4, -0.2) is 69.4 Å². The lowest BCUT2D eigenvalue weighted by Crippen LogP contribution is -2.55. The maximum atomic E-state index is 12.7. The maximum Gasteiger partial charge on any atom is 0.254 e. The molecule has 138 valence electrons. The van der Waals surface area contributed by atoms with Crippen LogP contribution in [0.15, 0.2) is 24.3 Å². The Labute approximate surface area is 150 Å². The lowest BCUT2D eigenvalue weighted by atomic mass is 10.1. The molecule has 1 amide bonds. The number of ether oxygens (including phenoxy) is 1. The Bertz CT molecular complexity index is 619. The molecule has 1 aromatic rings. The Balaban J connectivity index is 1.56. The molecule has 3 rings (SSSR count). The van der Waals surface area contributed by atoms with Crippen LogP contribution in [0.5, 0.6) is 0 Å². The summed E-state index contributed by atoms with van der Waals surface area (Å²) in [6, 6.07) is 6.64. The molecule has 2 aliphatic heterocycles. The smallest absolute Gasteiger partial charge is 0.254 e. The molecule has 0 bridgehead atoms. The lowest BCUT2D eigenvalue weighted by molar-refractivity contribution is 0.0279. The van der Waals surface area contributed by atoms with E-state index in [-0.39, 0.29) is 11.9 Å². The van der Waals surface area contributed by atoms with Gasteiger partial charge < -0.3 is 18.9 Å². The molecule has 0 spiro atoms. The minimum atomic E-state index is -2.36. The molecule has 0 radical (unpaired) electrons. The first kappa shape index (κ1) is 18.3. The molecule has 7 nitrogen and oxygen atoms in total. The van der Waals surface area contributed by atoms with Crippen molar-refractivity contribution in [3.8, 4) is 0 Å². The molecule has 8 heteroatoms. The van der Waals surface area contributed by atoms with E-state index in [1.54, 1.807) is 24.3 Å². The van der Waals surface area contributed by atoms with E-state index in [2.05, 4.69) is 16.5 Å². The number of benzene rings is 1. The van der Waals surface area contributed by atoms with E-state index >= 15 is 0 Å². The fourth-order valence-corrected chi connectivity index (χ4v) is 3.85. The fraction of sp³-hybridized carbons (Fsp3) is 0.588. The number of hydrogen-bond donors (Lipinski definition) is 1. The Hall–Kier alpha value is -1.48. The second-order valence-corrected chi connectivity index (χ2v) is 7.33. The van der Waals surface area contributed by atoms with Crippen molar-refractivity contribution in [2.45, 2.75) is 31.9 Å². The van der Waals surface area contributed by atoms with Crippen LogP contribution in [0.3, 0.4) is 0 Å². The van der Waals surface area contributed by atoms with Crippen LogP contribution < -0.4 is 4.72 Å². The monoisotopic (exact) mass is 366 g/mol. The summed E-state index contributed by atoms with van der Waals surface area (Å²) in [5, 5.41) is 0. The first-order chi connectivity index (χ1) is 12.0. The van der Waals surface area contributed by atoms with Crippen LogP contribution in [0.2, 0.25) is 0 Å². The van der Waals surface area contributed by atoms with Gasteiger partial charge in [-0.3, -0.25) is 13.9 Å². The third-order valence-corrected chi connectivity index (χ3v) is 5.19. The number of carbonyl (C=O) groups is 1. The first-order valence-corrected chi connectivity index (χ1v) is 9.71. The summed E-state index contributed by atoms with van der Waals surface area (Å²) in [7, 11) is 0. The van der Waals surface area contributed by atoms with Crippen molar-refractivity contribution in [1.82, 2.24) is 9.80 Å². The summed E-state index contributed by atoms with van der Waals surface area (Å²) in [5.74, 6) is -0.0148. The Kier molecular flexibility index (Phi) is 6.06. The SMILES string of the molecule is C[C@@H]1CN(C[C@H]2CCCO2)CCN1C(=O)c1ccc(NS(=O)[O-])cc1. The predicted molar refractivity (Wildman–Crippen MR) is 94.9 cm³/mol. The van der Waals surface area contributed by atoms with Crippen LogP contribution in [0.25, 0.3) is 0 Å². The van der Waals surface area contributed by atoms with Crippen LogP contribution >= 0.6 is 0 Å². The molecule has 0 saturated carbocycles. The number of rotatable bonds is 5. The average molecular weight is 366 g/mol. The number of amides is 1. The van der Waals surface area contributed by atoms with E-state index in [4.69, 9.17) is 4.74 Å². The van der Waals surface area contributed by atoms with Crippen molar-refractivity contribution >= 4 is 22.9 Å². The van der Waals surface area contributed by atoms with Gasteiger partial charge in [-0.25, -0.2) is 0 Å². The first-order valence-electron chi connectivity index (χ1n) is 8.64. The van der Waals surface area contributed by atoms with E-state index < -0.39 is 11.3 Å². The van der Waals surface area contributed by atoms with E-state index in [0.717, 1.165) is 39.1 Å². The van der Waals surface area contributed by atoms with Gasteiger partial charge in [-0.15, -0.1) is 0 Å². The zero-order valence-corrected chi connectivity index (χ0v) is 15.2. The highest BCUT2D eigenvalue weighted by atomic mass is 32.2. The quantitative estimate of drug-likeness (QED) is 0.792. The molecule has 25 heavy (non-hydrogen) atoms. The van der Waals surface area contributed by atoms with Gasteiger partial charge in [-0.05, 0) is 44.0 Å². The Morgan fingerprint density at radius 1 is 1.36 bits per heavy atom. The lowest BCUT2D eigenvalue weighted by Gasteiger charge is -2.40. The highest BCUT2D eigenvalue weighted by Crippen LogP contribution is 2.19. The summed E-state index contributed by atoms with van der Waals surface area (Å²) in [5.41, 5.74) is 1.01. The molecule has 1 unspecified atom stereocenters. The normalized spacial score (nSPS) is 25.8. The van der Waals surface area contributed by atoms with Gasteiger partial charge in [0.05, 0.1) is 6.10 Å². The zero-order valence-electron chi connectivity index (χ0n) is 14.3. The van der Waals surface area contributed by atoms with Gasteiger partial charge in [0.2, 0.25) is 0 Å². The van der Waals surface area contributed by atoms with Gasteiger partial charge in [0.25, 0.3) is 5.91 Å². The molecule has 1 aromatic carbocycles. The summed E-state index contributed by atoms with van der Waals surface area (Å²) in [4.78, 5) is 17.0. The van der Waals surface area contributed by atoms with Gasteiger partial charge >= 0.3 is 0 Å². The molecule has 2 aliphatic rings. The molecular formula is C17H24N3O4S-. The van der Waals surface area contributed by atoms with Gasteiger partial charge in [-0.1, -0.05) is 0 Å². The molecule has 0 aliphatic carbocycles. The van der Waals surface area contributed by atoms with Crippen molar-refractivity contribution in [2.24, 2.45) is 0 Å². The van der Waals surface area contributed by atoms with Gasteiger partial charge in [0.15, 0.2) is 0 Å². The third-order valence-electron chi connectivity index (χ3n) is 4.79. The molecule has 2 saturated heterocycles. The number of nitrogens with zero attached hydrogens (tertiary/aromatic N) is 2. The van der Waals surface area contributed by atoms with Crippen LogP contribution in [-0.2, 0) is 16.0 Å². The second-order valence-electron chi connectivity index (χ2n) is 6.66. The Morgan fingerprint density at radius 2 is 2.12 bits per heavy atom. The topological polar surface area (TPSA) is 84.9 Å². The van der Waals surface area contributed by atoms with Crippen molar-refractivity contribution in [1.29, 1.82) is 0 Å². The summed E-state index contributed by atoms with van der Waals surface area (Å²) in [6.07, 6.45) is 2.60. The second kappa shape index (κ2) is 8.27. The molecule has 2 heterocycles. The average Bonchev–Trinajstić information content (AvgIpc) is 3.07. The van der Waals surface area contributed by atoms with E-state index in [1.165, 1.54) is 0 Å². The molecular weight excluding hydrogens is 342 g/mol. The Morgan fingerprint density at radius 3 is 2.72 bits per heavy atom. The standard InChI is InChI=1S/C17H25N3O4S/c1-13-11-19(12-16-3-2-10-24-16)8-9-20(13)17(21)14-4-6-15(7-5-14)18-25(22)23/h4-7,13,16,18H,2-3,8-12H2,1H3,(H,22,23)/p-1/t13-,16-/m1/s1. The van der Waals surface area contributed by atoms with E-state index in [0.29, 0.717) is 23.9 Å². The molecule has 2 fully saturated rings. The number of piperazine rings is 1. The molecule has 3 atom stereocenters. The number of anilines is 1. The van der Waals surface area contributed by atoms with Crippen molar-refractivity contribution < 1.29 is 18.3 Å². The number of carbonyl (C=O) groups excluding carboxylic acids is 1. The summed E-state index contributed by atoms with van der Waals surface area (Å²) < 4.78 is 29.2. The minimum Gasteiger partial charge on any atom is -0.755 e. The van der Waals surface area contributed by atoms with Crippen LogP contribution in [0.1, 0.15) is 30.1 Å². The highest BCUT2D eigenvalue weighted by Gasteiger charge is 2.29. The fourth-order valence-electron chi connectivity index (χ4n) is 3.52. The summed E-state index contributed by atoms with van der Waals surface area (Å²) >= 11 is -2.36. The number of nitrogens with one attached hydrogen (secondary N) is 1. The highest BCUT2D eigenvalue weighted by molar-refractivity contribution is 7.80. The van der Waals surface area contributed by atoms with Crippen LogP contribution in [0, 0.1) is 0 Å². The largest absolute Gasteiger partial charge is 0.755 e. The van der Waals surface area contributed by atoms with E-state index in [1.807, 2.05) is 4.90 Å². The van der Waals surface area contributed by atoms with Crippen molar-refractivity contribution in [3.05, 3.63) is 29.8 Å². The third kappa shape index (κ3) is 4.78. The molecule has 1 N–H and O–H groups in total. The van der Waals surface area contributed by atoms with Crippen molar-refractivity contribution in [2.75, 3.05) is 37.5 Å². The number of hydrogen-bond acceptors (Lipinski definition) is 5. The predicted octanol–water partition coefficient (Wildman–Crippen LogP) is 1.22. The summed E-state index contributed by atoms with van der Waals surface area (Å²) in [6.45, 7) is 6.26. The molecule has 0 aromatic heterocycles. The van der Waals surface area contributed by atoms with Gasteiger partial charge in [0.1, 0.15) is 0 Å². The van der Waals surface area contributed by atoms with E-state index in [9.17, 15) is 13.6 Å². The minimum absolute atomic E-state index is 0.0148. The van der Waals surface area contributed by atoms with Gasteiger partial charge in [-0.2, -0.15) is 0 Å². The van der Waals surface area contributed by atoms with Crippen LogP contribution in [0.4, 0.5) is 5.69 Å². The van der Waals surface area contributed by atoms with Crippen molar-refractivity contribution in [3.63, 3.8) is 0 Å². The maximum absolute atomic E-state index is 12.7.